The smallest absolute Gasteiger partial charge is 0.328 e. The molecule has 0 aliphatic carbocycles. The van der Waals surface area contributed by atoms with E-state index in [9.17, 15) is 14.4 Å². The fourth-order valence-electron chi connectivity index (χ4n) is 3.89. The Kier molecular flexibility index (Phi) is 7.21. The highest BCUT2D eigenvalue weighted by Gasteiger charge is 2.52. The molecule has 0 spiro atoms. The molecule has 200 valence electrons. The summed E-state index contributed by atoms with van der Waals surface area (Å²) in [5.41, 5.74) is -0.0115. The van der Waals surface area contributed by atoms with Gasteiger partial charge in [0.15, 0.2) is 0 Å². The molecule has 1 aliphatic heterocycles. The Bertz CT molecular complexity index is 1570. The monoisotopic (exact) mass is 539 g/mol. The second-order valence-electron chi connectivity index (χ2n) is 8.62. The van der Waals surface area contributed by atoms with Crippen LogP contribution in [0.15, 0.2) is 77.3 Å². The Morgan fingerprint density at radius 3 is 2.02 bits per heavy atom. The molecule has 4 amide bonds. The van der Waals surface area contributed by atoms with Crippen LogP contribution in [-0.2, 0) is 14.3 Å². The molecule has 1 fully saturated rings. The Labute approximate surface area is 227 Å². The molecule has 2 N–H and O–H groups in total. The summed E-state index contributed by atoms with van der Waals surface area (Å²) in [6.45, 7) is 0.0484. The number of barbiturate groups is 1. The number of benzene rings is 3. The number of aromatic nitrogens is 2. The summed E-state index contributed by atoms with van der Waals surface area (Å²) in [4.78, 5) is 41.0. The number of carbonyl (C=O) groups excluding carboxylic acids is 3. The second kappa shape index (κ2) is 11.1. The van der Waals surface area contributed by atoms with Crippen molar-refractivity contribution in [3.8, 4) is 46.2 Å². The number of carbonyl (C=O) groups is 3. The summed E-state index contributed by atoms with van der Waals surface area (Å²) in [5.74, 6) is 0.214. The van der Waals surface area contributed by atoms with Crippen molar-refractivity contribution in [3.63, 3.8) is 0 Å². The van der Waals surface area contributed by atoms with E-state index in [0.717, 1.165) is 0 Å². The van der Waals surface area contributed by atoms with Crippen LogP contribution < -0.4 is 20.1 Å². The summed E-state index contributed by atoms with van der Waals surface area (Å²) < 4.78 is 22.0. The molecule has 1 aromatic heterocycles. The van der Waals surface area contributed by atoms with E-state index >= 15 is 0 Å². The van der Waals surface area contributed by atoms with Gasteiger partial charge in [0.05, 0.1) is 18.2 Å². The van der Waals surface area contributed by atoms with Crippen LogP contribution in [0.3, 0.4) is 0 Å². The third-order valence-corrected chi connectivity index (χ3v) is 6.00. The minimum Gasteiger partial charge on any atom is -0.467 e. The standard InChI is InChI=1S/C28H21N5O7/c1-37-15-14-28(25(34)31-27(36)32-26(28)35)39-22-12-10-21(11-13-22)38-20-8-6-18(7-9-20)23-30-24(40-33-23)19-4-2-17(16-29)3-5-19/h2-13H,14-15H2,1H3,(H2,31,32,34,35,36). The highest BCUT2D eigenvalue weighted by atomic mass is 16.5. The number of nitrogens with zero attached hydrogens (tertiary/aromatic N) is 3. The lowest BCUT2D eigenvalue weighted by molar-refractivity contribution is -0.153. The van der Waals surface area contributed by atoms with E-state index < -0.39 is 23.4 Å². The third kappa shape index (κ3) is 5.35. The van der Waals surface area contributed by atoms with Crippen LogP contribution in [0.25, 0.3) is 22.8 Å². The van der Waals surface area contributed by atoms with Crippen molar-refractivity contribution >= 4 is 17.8 Å². The maximum Gasteiger partial charge on any atom is 0.328 e. The summed E-state index contributed by atoms with van der Waals surface area (Å²) in [7, 11) is 1.42. The molecule has 3 aromatic carbocycles. The Morgan fingerprint density at radius 2 is 1.43 bits per heavy atom. The first-order valence-corrected chi connectivity index (χ1v) is 12.0. The lowest BCUT2D eigenvalue weighted by Gasteiger charge is -2.34. The predicted molar refractivity (Wildman–Crippen MR) is 138 cm³/mol. The summed E-state index contributed by atoms with van der Waals surface area (Å²) in [6.07, 6.45) is -0.103. The summed E-state index contributed by atoms with van der Waals surface area (Å²) in [6, 6.07) is 21.3. The van der Waals surface area contributed by atoms with E-state index in [2.05, 4.69) is 26.8 Å². The molecule has 2 heterocycles. The number of hydrogen-bond acceptors (Lipinski definition) is 10. The summed E-state index contributed by atoms with van der Waals surface area (Å²) >= 11 is 0. The van der Waals surface area contributed by atoms with E-state index in [0.29, 0.717) is 39.9 Å². The van der Waals surface area contributed by atoms with Gasteiger partial charge < -0.3 is 18.7 Å². The van der Waals surface area contributed by atoms with Gasteiger partial charge in [0.1, 0.15) is 17.2 Å². The quantitative estimate of drug-likeness (QED) is 0.300. The van der Waals surface area contributed by atoms with Gasteiger partial charge in [-0.15, -0.1) is 0 Å². The molecular weight excluding hydrogens is 518 g/mol. The van der Waals surface area contributed by atoms with Crippen molar-refractivity contribution in [3.05, 3.63) is 78.4 Å². The highest BCUT2D eigenvalue weighted by molar-refractivity contribution is 6.21. The largest absolute Gasteiger partial charge is 0.467 e. The molecule has 1 saturated heterocycles. The van der Waals surface area contributed by atoms with Crippen LogP contribution in [0.5, 0.6) is 17.2 Å². The van der Waals surface area contributed by atoms with E-state index in [1.54, 1.807) is 72.8 Å². The van der Waals surface area contributed by atoms with Gasteiger partial charge >= 0.3 is 6.03 Å². The molecule has 0 atom stereocenters. The van der Waals surface area contributed by atoms with Gasteiger partial charge in [-0.05, 0) is 72.8 Å². The van der Waals surface area contributed by atoms with Gasteiger partial charge in [-0.1, -0.05) is 5.16 Å². The Morgan fingerprint density at radius 1 is 0.850 bits per heavy atom. The lowest BCUT2D eigenvalue weighted by Crippen LogP contribution is -2.69. The number of urea groups is 1. The highest BCUT2D eigenvalue weighted by Crippen LogP contribution is 2.30. The molecule has 12 nitrogen and oxygen atoms in total. The maximum atomic E-state index is 12.6. The number of amides is 4. The van der Waals surface area contributed by atoms with Gasteiger partial charge in [0.25, 0.3) is 23.3 Å². The summed E-state index contributed by atoms with van der Waals surface area (Å²) in [5, 5.41) is 17.1. The molecule has 0 saturated carbocycles. The van der Waals surface area contributed by atoms with Gasteiger partial charge in [-0.25, -0.2) is 4.79 Å². The first-order chi connectivity index (χ1) is 19.4. The molecule has 12 heteroatoms. The van der Waals surface area contributed by atoms with E-state index in [1.807, 2.05) is 0 Å². The fraction of sp³-hybridized carbons (Fsp3) is 0.143. The van der Waals surface area contributed by atoms with E-state index in [1.165, 1.54) is 7.11 Å². The van der Waals surface area contributed by atoms with Crippen molar-refractivity contribution in [1.29, 1.82) is 5.26 Å². The minimum absolute atomic E-state index is 0.0484. The Balaban J connectivity index is 1.25. The van der Waals surface area contributed by atoms with Crippen molar-refractivity contribution < 1.29 is 33.1 Å². The van der Waals surface area contributed by atoms with E-state index in [-0.39, 0.29) is 18.8 Å². The van der Waals surface area contributed by atoms with Crippen LogP contribution in [0.1, 0.15) is 12.0 Å². The third-order valence-electron chi connectivity index (χ3n) is 6.00. The zero-order valence-corrected chi connectivity index (χ0v) is 21.0. The van der Waals surface area contributed by atoms with Crippen LogP contribution in [0.2, 0.25) is 0 Å². The topological polar surface area (TPSA) is 166 Å². The molecular formula is C28H21N5O7. The molecule has 0 unspecified atom stereocenters. The fourth-order valence-corrected chi connectivity index (χ4v) is 3.89. The Hall–Kier alpha value is -5.54. The second-order valence-corrected chi connectivity index (χ2v) is 8.62. The molecule has 0 radical (unpaired) electrons. The number of nitrogens with one attached hydrogen (secondary N) is 2. The molecule has 4 aromatic rings. The van der Waals surface area contributed by atoms with Crippen molar-refractivity contribution in [2.75, 3.05) is 13.7 Å². The number of nitriles is 1. The first kappa shape index (κ1) is 26.1. The van der Waals surface area contributed by atoms with Gasteiger partial charge in [-0.3, -0.25) is 20.2 Å². The van der Waals surface area contributed by atoms with E-state index in [4.69, 9.17) is 24.0 Å². The number of rotatable bonds is 9. The van der Waals surface area contributed by atoms with Crippen molar-refractivity contribution in [2.24, 2.45) is 0 Å². The number of methoxy groups -OCH3 is 1. The number of hydrogen-bond donors (Lipinski definition) is 2. The zero-order chi connectivity index (χ0) is 28.1. The molecule has 40 heavy (non-hydrogen) atoms. The normalized spacial score (nSPS) is 14.2. The molecule has 0 bridgehead atoms. The zero-order valence-electron chi connectivity index (χ0n) is 21.0. The van der Waals surface area contributed by atoms with Crippen LogP contribution in [-0.4, -0.2) is 47.3 Å². The van der Waals surface area contributed by atoms with Gasteiger partial charge in [0.2, 0.25) is 5.82 Å². The SMILES string of the molecule is COCCC1(Oc2ccc(Oc3ccc(-c4noc(-c5ccc(C#N)cc5)n4)cc3)cc2)C(=O)NC(=O)NC1=O. The average molecular weight is 540 g/mol. The molecule has 1 aliphatic rings. The van der Waals surface area contributed by atoms with Crippen molar-refractivity contribution in [1.82, 2.24) is 20.8 Å². The lowest BCUT2D eigenvalue weighted by atomic mass is 9.95. The minimum atomic E-state index is -1.96. The number of imide groups is 2. The predicted octanol–water partition coefficient (Wildman–Crippen LogP) is 3.59. The van der Waals surface area contributed by atoms with Gasteiger partial charge in [-0.2, -0.15) is 10.2 Å². The maximum absolute atomic E-state index is 12.6. The van der Waals surface area contributed by atoms with Gasteiger partial charge in [0, 0.05) is 24.7 Å². The van der Waals surface area contributed by atoms with Crippen molar-refractivity contribution in [2.45, 2.75) is 12.0 Å². The molecule has 5 rings (SSSR count). The number of ether oxygens (including phenoxy) is 3. The van der Waals surface area contributed by atoms with Crippen LogP contribution in [0.4, 0.5) is 4.79 Å². The van der Waals surface area contributed by atoms with Crippen LogP contribution in [0, 0.1) is 11.3 Å². The first-order valence-electron chi connectivity index (χ1n) is 12.0. The average Bonchev–Trinajstić information content (AvgIpc) is 3.46. The van der Waals surface area contributed by atoms with Crippen LogP contribution >= 0.6 is 0 Å².